The Hall–Kier alpha value is -1.97. The summed E-state index contributed by atoms with van der Waals surface area (Å²) in [7, 11) is 3.61. The molecule has 0 aliphatic heterocycles. The number of benzene rings is 1. The lowest BCUT2D eigenvalue weighted by atomic mass is 10.1. The van der Waals surface area contributed by atoms with Crippen LogP contribution in [0.2, 0.25) is 0 Å². The van der Waals surface area contributed by atoms with Gasteiger partial charge in [0.15, 0.2) is 0 Å². The first kappa shape index (κ1) is 12.5. The molecule has 4 nitrogen and oxygen atoms in total. The van der Waals surface area contributed by atoms with Crippen LogP contribution in [-0.4, -0.2) is 16.7 Å². The molecule has 0 aliphatic carbocycles. The molecule has 0 atom stereocenters. The van der Waals surface area contributed by atoms with Crippen molar-refractivity contribution in [1.82, 2.24) is 9.55 Å². The van der Waals surface area contributed by atoms with Crippen LogP contribution in [-0.2, 0) is 13.5 Å². The summed E-state index contributed by atoms with van der Waals surface area (Å²) in [4.78, 5) is 4.64. The molecule has 2 N–H and O–H groups in total. The molecule has 0 radical (unpaired) electrons. The third-order valence-electron chi connectivity index (χ3n) is 3.07. The van der Waals surface area contributed by atoms with E-state index in [2.05, 4.69) is 11.9 Å². The van der Waals surface area contributed by atoms with E-state index in [1.807, 2.05) is 35.9 Å². The molecule has 1 aromatic heterocycles. The number of hydrogen-bond acceptors (Lipinski definition) is 3. The Morgan fingerprint density at radius 2 is 2.06 bits per heavy atom. The predicted octanol–water partition coefficient (Wildman–Crippen LogP) is 2.63. The summed E-state index contributed by atoms with van der Waals surface area (Å²) >= 11 is 0. The van der Waals surface area contributed by atoms with Gasteiger partial charge in [-0.3, -0.25) is 0 Å². The zero-order valence-corrected chi connectivity index (χ0v) is 11.1. The molecule has 0 amide bonds. The molecule has 4 heteroatoms. The van der Waals surface area contributed by atoms with Gasteiger partial charge in [0.2, 0.25) is 0 Å². The number of rotatable bonds is 4. The Bertz CT molecular complexity index is 546. The number of ether oxygens (including phenoxy) is 1. The molecular weight excluding hydrogens is 226 g/mol. The maximum absolute atomic E-state index is 6.13. The van der Waals surface area contributed by atoms with Gasteiger partial charge in [-0.1, -0.05) is 19.1 Å². The lowest BCUT2D eigenvalue weighted by Gasteiger charge is -2.06. The van der Waals surface area contributed by atoms with Crippen molar-refractivity contribution in [2.75, 3.05) is 12.8 Å². The van der Waals surface area contributed by atoms with Crippen molar-refractivity contribution in [2.24, 2.45) is 7.05 Å². The number of methoxy groups -OCH3 is 1. The highest BCUT2D eigenvalue weighted by molar-refractivity contribution is 5.76. The standard InChI is InChI=1S/C14H19N3O/c1-4-7-12-16-13(14(15)17(12)2)10-8-5-6-9-11(10)18-3/h5-6,8-9H,4,7,15H2,1-3H3. The molecule has 0 aliphatic rings. The molecule has 0 saturated carbocycles. The van der Waals surface area contributed by atoms with E-state index in [1.165, 1.54) is 0 Å². The second kappa shape index (κ2) is 5.12. The Kier molecular flexibility index (Phi) is 3.55. The Labute approximate surface area is 107 Å². The highest BCUT2D eigenvalue weighted by Crippen LogP contribution is 2.33. The van der Waals surface area contributed by atoms with Crippen LogP contribution in [0.1, 0.15) is 19.2 Å². The second-order valence-electron chi connectivity index (χ2n) is 4.27. The van der Waals surface area contributed by atoms with E-state index in [0.717, 1.165) is 35.7 Å². The monoisotopic (exact) mass is 245 g/mol. The van der Waals surface area contributed by atoms with E-state index < -0.39 is 0 Å². The SMILES string of the molecule is CCCc1nc(-c2ccccc2OC)c(N)n1C. The molecule has 1 aromatic carbocycles. The molecule has 0 bridgehead atoms. The Morgan fingerprint density at radius 3 is 2.72 bits per heavy atom. The van der Waals surface area contributed by atoms with Crippen molar-refractivity contribution in [3.63, 3.8) is 0 Å². The van der Waals surface area contributed by atoms with Gasteiger partial charge in [0.25, 0.3) is 0 Å². The minimum Gasteiger partial charge on any atom is -0.496 e. The summed E-state index contributed by atoms with van der Waals surface area (Å²) in [5, 5.41) is 0. The number of imidazole rings is 1. The zero-order chi connectivity index (χ0) is 13.1. The highest BCUT2D eigenvalue weighted by atomic mass is 16.5. The van der Waals surface area contributed by atoms with Crippen LogP contribution in [0.25, 0.3) is 11.3 Å². The number of anilines is 1. The molecule has 1 heterocycles. The summed E-state index contributed by atoms with van der Waals surface area (Å²) in [6.07, 6.45) is 1.98. The number of hydrogen-bond donors (Lipinski definition) is 1. The summed E-state index contributed by atoms with van der Waals surface area (Å²) in [6, 6.07) is 7.80. The number of nitrogens with zero attached hydrogens (tertiary/aromatic N) is 2. The van der Waals surface area contributed by atoms with E-state index >= 15 is 0 Å². The van der Waals surface area contributed by atoms with Crippen LogP contribution in [0.3, 0.4) is 0 Å². The maximum atomic E-state index is 6.13. The van der Waals surface area contributed by atoms with E-state index in [1.54, 1.807) is 7.11 Å². The van der Waals surface area contributed by atoms with Crippen LogP contribution in [0.5, 0.6) is 5.75 Å². The van der Waals surface area contributed by atoms with Gasteiger partial charge in [-0.05, 0) is 18.6 Å². The van der Waals surface area contributed by atoms with Crippen LogP contribution < -0.4 is 10.5 Å². The van der Waals surface area contributed by atoms with Gasteiger partial charge in [-0.2, -0.15) is 0 Å². The highest BCUT2D eigenvalue weighted by Gasteiger charge is 2.16. The lowest BCUT2D eigenvalue weighted by molar-refractivity contribution is 0.416. The van der Waals surface area contributed by atoms with Gasteiger partial charge in [0.05, 0.1) is 7.11 Å². The van der Waals surface area contributed by atoms with E-state index in [4.69, 9.17) is 10.5 Å². The normalized spacial score (nSPS) is 10.6. The fraction of sp³-hybridized carbons (Fsp3) is 0.357. The van der Waals surface area contributed by atoms with Crippen molar-refractivity contribution < 1.29 is 4.74 Å². The van der Waals surface area contributed by atoms with Crippen LogP contribution in [0, 0.1) is 0 Å². The van der Waals surface area contributed by atoms with Crippen LogP contribution in [0.4, 0.5) is 5.82 Å². The van der Waals surface area contributed by atoms with Gasteiger partial charge >= 0.3 is 0 Å². The number of nitrogens with two attached hydrogens (primary N) is 1. The summed E-state index contributed by atoms with van der Waals surface area (Å²) in [6.45, 7) is 2.13. The number of para-hydroxylation sites is 1. The third kappa shape index (κ3) is 2.06. The quantitative estimate of drug-likeness (QED) is 0.900. The summed E-state index contributed by atoms with van der Waals surface area (Å²) in [5.74, 6) is 2.49. The van der Waals surface area contributed by atoms with Gasteiger partial charge < -0.3 is 15.0 Å². The largest absolute Gasteiger partial charge is 0.496 e. The summed E-state index contributed by atoms with van der Waals surface area (Å²) < 4.78 is 7.31. The third-order valence-corrected chi connectivity index (χ3v) is 3.07. The maximum Gasteiger partial charge on any atom is 0.131 e. The van der Waals surface area contributed by atoms with E-state index in [9.17, 15) is 0 Å². The number of aryl methyl sites for hydroxylation is 1. The zero-order valence-electron chi connectivity index (χ0n) is 11.1. The fourth-order valence-corrected chi connectivity index (χ4v) is 2.04. The molecule has 18 heavy (non-hydrogen) atoms. The van der Waals surface area contributed by atoms with Crippen molar-refractivity contribution in [3.8, 4) is 17.0 Å². The lowest BCUT2D eigenvalue weighted by Crippen LogP contribution is -2.01. The average molecular weight is 245 g/mol. The molecule has 2 rings (SSSR count). The smallest absolute Gasteiger partial charge is 0.131 e. The van der Waals surface area contributed by atoms with Crippen molar-refractivity contribution in [1.29, 1.82) is 0 Å². The first-order chi connectivity index (χ1) is 8.69. The second-order valence-corrected chi connectivity index (χ2v) is 4.27. The number of aromatic nitrogens is 2. The molecule has 0 fully saturated rings. The van der Waals surface area contributed by atoms with E-state index in [0.29, 0.717) is 5.82 Å². The minimum absolute atomic E-state index is 0.683. The minimum atomic E-state index is 0.683. The van der Waals surface area contributed by atoms with Crippen molar-refractivity contribution >= 4 is 5.82 Å². The number of nitrogen functional groups attached to an aromatic ring is 1. The molecule has 0 saturated heterocycles. The fourth-order valence-electron chi connectivity index (χ4n) is 2.04. The van der Waals surface area contributed by atoms with Crippen LogP contribution in [0.15, 0.2) is 24.3 Å². The van der Waals surface area contributed by atoms with Gasteiger partial charge in [-0.25, -0.2) is 4.98 Å². The first-order valence-corrected chi connectivity index (χ1v) is 6.13. The van der Waals surface area contributed by atoms with Crippen molar-refractivity contribution in [3.05, 3.63) is 30.1 Å². The van der Waals surface area contributed by atoms with Gasteiger partial charge in [-0.15, -0.1) is 0 Å². The van der Waals surface area contributed by atoms with Gasteiger partial charge in [0, 0.05) is 19.0 Å². The van der Waals surface area contributed by atoms with E-state index in [-0.39, 0.29) is 0 Å². The molecule has 0 spiro atoms. The molecule has 96 valence electrons. The first-order valence-electron chi connectivity index (χ1n) is 6.13. The predicted molar refractivity (Wildman–Crippen MR) is 73.6 cm³/mol. The van der Waals surface area contributed by atoms with Crippen LogP contribution >= 0.6 is 0 Å². The Morgan fingerprint density at radius 1 is 1.33 bits per heavy atom. The summed E-state index contributed by atoms with van der Waals surface area (Å²) in [5.41, 5.74) is 7.88. The Balaban J connectivity index is 2.54. The average Bonchev–Trinajstić information content (AvgIpc) is 2.67. The van der Waals surface area contributed by atoms with Gasteiger partial charge in [0.1, 0.15) is 23.1 Å². The van der Waals surface area contributed by atoms with Crippen molar-refractivity contribution in [2.45, 2.75) is 19.8 Å². The molecule has 0 unspecified atom stereocenters. The molecule has 2 aromatic rings. The topological polar surface area (TPSA) is 53.1 Å². The molecular formula is C14H19N3O.